The lowest BCUT2D eigenvalue weighted by Gasteiger charge is -2.35. The predicted octanol–water partition coefficient (Wildman–Crippen LogP) is 6.26. The van der Waals surface area contributed by atoms with E-state index in [1.807, 2.05) is 42.2 Å². The zero-order valence-corrected chi connectivity index (χ0v) is 36.9. The van der Waals surface area contributed by atoms with Crippen LogP contribution in [0.5, 0.6) is 17.2 Å². The number of nitrogen functional groups attached to an aromatic ring is 1. The standard InChI is InChI=1S/C48H48ClF2N7O8/c1-29-5-8-41(56-46(61)47(10-11-47)34-6-7-37-38(27-34)66-48(50,51)65-37)55-42(29)31-3-2-4-32(23-31)44(59)54-13-19-62-21-22-63-20-18-57-14-16-58(17-15-57)45(60)39-25-33-24-35(49)28-36(43(33)64-39)30-9-12-53-40(52)26-30/h2-9,12,23-24,26-28,39H,10-11,13-22,25H2,1H3,(H2,52,53)(H,54,59)(H,55,56,61)/t39-/m1/s1. The average Bonchev–Trinajstić information content (AvgIpc) is 3.91. The number of carbonyl (C=O) groups is 3. The van der Waals surface area contributed by atoms with Crippen molar-refractivity contribution in [2.24, 2.45) is 0 Å². The van der Waals surface area contributed by atoms with Crippen LogP contribution in [0.1, 0.15) is 39.9 Å². The predicted molar refractivity (Wildman–Crippen MR) is 241 cm³/mol. The van der Waals surface area contributed by atoms with Crippen LogP contribution >= 0.6 is 11.6 Å². The topological polar surface area (TPSA) is 180 Å². The molecule has 3 aromatic carbocycles. The summed E-state index contributed by atoms with van der Waals surface area (Å²) in [7, 11) is 0. The quantitative estimate of drug-likeness (QED) is 0.0949. The zero-order valence-electron chi connectivity index (χ0n) is 36.1. The van der Waals surface area contributed by atoms with E-state index in [1.54, 1.807) is 42.6 Å². The van der Waals surface area contributed by atoms with Crippen molar-refractivity contribution in [3.05, 3.63) is 112 Å². The van der Waals surface area contributed by atoms with Crippen molar-refractivity contribution >= 4 is 41.0 Å². The first-order chi connectivity index (χ1) is 31.8. The van der Waals surface area contributed by atoms with Crippen molar-refractivity contribution in [3.63, 3.8) is 0 Å². The first-order valence-electron chi connectivity index (χ1n) is 21.8. The van der Waals surface area contributed by atoms with Crippen molar-refractivity contribution in [1.29, 1.82) is 0 Å². The number of anilines is 2. The number of pyridine rings is 2. The number of alkyl halides is 2. The third kappa shape index (κ3) is 9.89. The first-order valence-corrected chi connectivity index (χ1v) is 22.2. The number of nitrogens with one attached hydrogen (secondary N) is 2. The lowest BCUT2D eigenvalue weighted by atomic mass is 9.94. The van der Waals surface area contributed by atoms with Gasteiger partial charge in [-0.3, -0.25) is 19.3 Å². The number of nitrogens with two attached hydrogens (primary N) is 1. The Morgan fingerprint density at radius 3 is 2.47 bits per heavy atom. The van der Waals surface area contributed by atoms with Crippen LogP contribution in [0.15, 0.2) is 85.1 Å². The number of piperazine rings is 1. The molecule has 0 radical (unpaired) electrons. The van der Waals surface area contributed by atoms with E-state index >= 15 is 0 Å². The van der Waals surface area contributed by atoms with Crippen molar-refractivity contribution in [2.75, 3.05) is 76.7 Å². The normalized spacial score (nSPS) is 17.8. The van der Waals surface area contributed by atoms with Gasteiger partial charge in [0.1, 0.15) is 17.4 Å². The minimum absolute atomic E-state index is 0.0379. The molecule has 2 aromatic heterocycles. The SMILES string of the molecule is Cc1ccc(NC(=O)C2(c3ccc4c(c3)OC(F)(F)O4)CC2)nc1-c1cccc(C(=O)NCCOCCOCCN2CCN(C(=O)[C@H]3Cc4cc(Cl)cc(-c5ccnc(N)c5)c4O3)CC2)c1. The molecule has 4 aliphatic rings. The summed E-state index contributed by atoms with van der Waals surface area (Å²) in [6, 6.07) is 22.3. The molecule has 1 saturated carbocycles. The van der Waals surface area contributed by atoms with Gasteiger partial charge in [-0.25, -0.2) is 9.97 Å². The molecule has 0 unspecified atom stereocenters. The zero-order chi connectivity index (χ0) is 46.0. The molecule has 3 aliphatic heterocycles. The average molecular weight is 924 g/mol. The number of carbonyl (C=O) groups excluding carboxylic acids is 3. The van der Waals surface area contributed by atoms with Gasteiger partial charge in [-0.15, -0.1) is 8.78 Å². The number of fused-ring (bicyclic) bond motifs is 2. The lowest BCUT2D eigenvalue weighted by Crippen LogP contribution is -2.52. The van der Waals surface area contributed by atoms with Gasteiger partial charge in [-0.05, 0) is 91.1 Å². The van der Waals surface area contributed by atoms with Gasteiger partial charge in [0.25, 0.3) is 11.8 Å². The lowest BCUT2D eigenvalue weighted by molar-refractivity contribution is -0.286. The second-order valence-electron chi connectivity index (χ2n) is 16.7. The highest BCUT2D eigenvalue weighted by Gasteiger charge is 2.53. The molecule has 1 aliphatic carbocycles. The van der Waals surface area contributed by atoms with Crippen molar-refractivity contribution in [1.82, 2.24) is 25.1 Å². The van der Waals surface area contributed by atoms with E-state index in [1.165, 1.54) is 12.1 Å². The van der Waals surface area contributed by atoms with Crippen LogP contribution in [0.4, 0.5) is 20.4 Å². The molecule has 66 heavy (non-hydrogen) atoms. The van der Waals surface area contributed by atoms with Gasteiger partial charge < -0.3 is 45.0 Å². The van der Waals surface area contributed by atoms with Gasteiger partial charge in [0, 0.05) is 79.2 Å². The Morgan fingerprint density at radius 1 is 0.894 bits per heavy atom. The van der Waals surface area contributed by atoms with Crippen LogP contribution in [0, 0.1) is 6.92 Å². The van der Waals surface area contributed by atoms with Crippen LogP contribution in [0.2, 0.25) is 5.02 Å². The fraction of sp³-hybridized carbons (Fsp3) is 0.354. The number of aryl methyl sites for hydroxylation is 1. The molecule has 0 bridgehead atoms. The number of amides is 3. The number of benzene rings is 3. The Kier molecular flexibility index (Phi) is 12.8. The minimum Gasteiger partial charge on any atom is -0.479 e. The summed E-state index contributed by atoms with van der Waals surface area (Å²) < 4.78 is 54.1. The molecule has 4 N–H and O–H groups in total. The molecule has 15 nitrogen and oxygen atoms in total. The van der Waals surface area contributed by atoms with E-state index < -0.39 is 17.8 Å². The number of halogens is 3. The highest BCUT2D eigenvalue weighted by Crippen LogP contribution is 2.52. The van der Waals surface area contributed by atoms with E-state index in [4.69, 9.17) is 36.5 Å². The summed E-state index contributed by atoms with van der Waals surface area (Å²) in [4.78, 5) is 53.0. The molecule has 5 aromatic rings. The summed E-state index contributed by atoms with van der Waals surface area (Å²) in [5.74, 6) is 0.547. The molecule has 9 rings (SSSR count). The largest absolute Gasteiger partial charge is 0.586 e. The van der Waals surface area contributed by atoms with Crippen LogP contribution in [0.25, 0.3) is 22.4 Å². The Bertz CT molecular complexity index is 2660. The molecule has 2 fully saturated rings. The molecule has 344 valence electrons. The summed E-state index contributed by atoms with van der Waals surface area (Å²) >= 11 is 6.44. The molecule has 0 spiro atoms. The highest BCUT2D eigenvalue weighted by molar-refractivity contribution is 6.31. The third-order valence-corrected chi connectivity index (χ3v) is 12.4. The van der Waals surface area contributed by atoms with E-state index in [2.05, 4.69) is 30.0 Å². The maximum absolute atomic E-state index is 13.6. The third-order valence-electron chi connectivity index (χ3n) is 12.2. The first kappa shape index (κ1) is 44.8. The number of aromatic nitrogens is 2. The molecule has 1 atom stereocenters. The van der Waals surface area contributed by atoms with E-state index in [0.717, 1.165) is 41.9 Å². The Labute approximate surface area is 384 Å². The van der Waals surface area contributed by atoms with Gasteiger partial charge in [0.15, 0.2) is 17.6 Å². The van der Waals surface area contributed by atoms with Gasteiger partial charge in [0.05, 0.1) is 37.5 Å². The van der Waals surface area contributed by atoms with Gasteiger partial charge in [-0.1, -0.05) is 35.9 Å². The highest BCUT2D eigenvalue weighted by atomic mass is 35.5. The number of hydrogen-bond acceptors (Lipinski definition) is 12. The maximum atomic E-state index is 13.6. The van der Waals surface area contributed by atoms with Crippen molar-refractivity contribution in [2.45, 2.75) is 44.0 Å². The van der Waals surface area contributed by atoms with E-state index in [0.29, 0.717) is 110 Å². The summed E-state index contributed by atoms with van der Waals surface area (Å²) in [5, 5.41) is 6.35. The number of nitrogens with zero attached hydrogens (tertiary/aromatic N) is 4. The van der Waals surface area contributed by atoms with Gasteiger partial charge >= 0.3 is 6.29 Å². The van der Waals surface area contributed by atoms with Crippen LogP contribution in [-0.4, -0.2) is 116 Å². The molecular formula is C48H48ClF2N7O8. The molecule has 5 heterocycles. The molecule has 3 amide bonds. The fourth-order valence-corrected chi connectivity index (χ4v) is 8.74. The number of hydrogen-bond donors (Lipinski definition) is 3. The number of rotatable bonds is 16. The smallest absolute Gasteiger partial charge is 0.479 e. The Hall–Kier alpha value is -6.40. The summed E-state index contributed by atoms with van der Waals surface area (Å²) in [6.45, 7) is 7.14. The Balaban J connectivity index is 0.664. The second-order valence-corrected chi connectivity index (χ2v) is 17.1. The van der Waals surface area contributed by atoms with Crippen LogP contribution in [-0.2, 0) is 30.9 Å². The molecule has 18 heteroatoms. The van der Waals surface area contributed by atoms with E-state index in [9.17, 15) is 23.2 Å². The van der Waals surface area contributed by atoms with Crippen LogP contribution < -0.4 is 30.6 Å². The summed E-state index contributed by atoms with van der Waals surface area (Å²) in [6.07, 6.45) is -1.21. The van der Waals surface area contributed by atoms with Crippen molar-refractivity contribution < 1.29 is 46.8 Å². The summed E-state index contributed by atoms with van der Waals surface area (Å²) in [5.41, 5.74) is 10.6. The van der Waals surface area contributed by atoms with Gasteiger partial charge in [-0.2, -0.15) is 0 Å². The van der Waals surface area contributed by atoms with E-state index in [-0.39, 0.29) is 29.2 Å². The van der Waals surface area contributed by atoms with Gasteiger partial charge in [0.2, 0.25) is 5.91 Å². The maximum Gasteiger partial charge on any atom is 0.586 e. The molecular weight excluding hydrogens is 876 g/mol. The second kappa shape index (κ2) is 18.8. The number of ether oxygens (including phenoxy) is 5. The molecule has 1 saturated heterocycles. The monoisotopic (exact) mass is 923 g/mol. The Morgan fingerprint density at radius 2 is 1.68 bits per heavy atom. The fourth-order valence-electron chi connectivity index (χ4n) is 8.50. The van der Waals surface area contributed by atoms with Crippen LogP contribution in [0.3, 0.4) is 0 Å². The van der Waals surface area contributed by atoms with Crippen molar-refractivity contribution in [3.8, 4) is 39.6 Å². The minimum atomic E-state index is -3.75.